The predicted molar refractivity (Wildman–Crippen MR) is 74.5 cm³/mol. The molecule has 0 aliphatic rings. The summed E-state index contributed by atoms with van der Waals surface area (Å²) in [6.45, 7) is 2.03. The molecule has 18 heavy (non-hydrogen) atoms. The molecule has 1 aromatic carbocycles. The Bertz CT molecular complexity index is 446. The molecule has 3 nitrogen and oxygen atoms in total. The summed E-state index contributed by atoms with van der Waals surface area (Å²) in [5.74, 6) is -0.205. The number of Topliss-reactive ketones (excluding diaryl/α,β-unsaturated/α-hetero) is 1. The fourth-order valence-corrected chi connectivity index (χ4v) is 2.06. The lowest BCUT2D eigenvalue weighted by Gasteiger charge is -2.11. The lowest BCUT2D eigenvalue weighted by Crippen LogP contribution is -2.14. The maximum absolute atomic E-state index is 11.9. The summed E-state index contributed by atoms with van der Waals surface area (Å²) < 4.78 is 5.01. The maximum atomic E-state index is 11.9. The van der Waals surface area contributed by atoms with Crippen molar-refractivity contribution in [3.63, 3.8) is 0 Å². The first-order valence-electron chi connectivity index (χ1n) is 5.55. The van der Waals surface area contributed by atoms with Crippen LogP contribution in [0.4, 0.5) is 0 Å². The number of halogens is 2. The van der Waals surface area contributed by atoms with Gasteiger partial charge >= 0.3 is 5.97 Å². The highest BCUT2D eigenvalue weighted by molar-refractivity contribution is 9.09. The zero-order valence-electron chi connectivity index (χ0n) is 10.0. The van der Waals surface area contributed by atoms with Crippen LogP contribution < -0.4 is 0 Å². The molecule has 0 aromatic heterocycles. The minimum atomic E-state index is -0.425. The van der Waals surface area contributed by atoms with Crippen molar-refractivity contribution in [3.8, 4) is 0 Å². The van der Waals surface area contributed by atoms with E-state index in [1.54, 1.807) is 25.1 Å². The van der Waals surface area contributed by atoms with Crippen LogP contribution in [0.25, 0.3) is 0 Å². The summed E-state index contributed by atoms with van der Waals surface area (Å²) in [7, 11) is 0. The van der Waals surface area contributed by atoms with Gasteiger partial charge in [-0.2, -0.15) is 0 Å². The summed E-state index contributed by atoms with van der Waals surface area (Å²) >= 11 is 8.93. The van der Waals surface area contributed by atoms with Crippen molar-refractivity contribution < 1.29 is 14.3 Å². The Morgan fingerprint density at radius 1 is 1.33 bits per heavy atom. The van der Waals surface area contributed by atoms with Crippen LogP contribution in [0, 0.1) is 0 Å². The molecule has 1 aromatic rings. The van der Waals surface area contributed by atoms with E-state index < -0.39 is 5.97 Å². The van der Waals surface area contributed by atoms with Crippen LogP contribution in [0.3, 0.4) is 0 Å². The molecule has 0 amide bonds. The first kappa shape index (κ1) is 15.2. The summed E-state index contributed by atoms with van der Waals surface area (Å²) in [6.07, 6.45) is 0.199. The molecule has 0 fully saturated rings. The molecule has 0 heterocycles. The Kier molecular flexibility index (Phi) is 6.36. The second kappa shape index (κ2) is 7.54. The molecule has 0 spiro atoms. The van der Waals surface area contributed by atoms with E-state index in [-0.39, 0.29) is 23.4 Å². The maximum Gasteiger partial charge on any atom is 0.338 e. The minimum Gasteiger partial charge on any atom is -0.462 e. The number of rotatable bonds is 6. The fourth-order valence-electron chi connectivity index (χ4n) is 1.64. The average molecular weight is 334 g/mol. The third kappa shape index (κ3) is 3.82. The first-order valence-corrected chi connectivity index (χ1v) is 7.21. The number of alkyl halides is 2. The van der Waals surface area contributed by atoms with Gasteiger partial charge in [0.25, 0.3) is 0 Å². The summed E-state index contributed by atoms with van der Waals surface area (Å²) in [5.41, 5.74) is 1.77. The van der Waals surface area contributed by atoms with Gasteiger partial charge in [-0.3, -0.25) is 4.79 Å². The number of benzene rings is 1. The molecular formula is C13H14BrClO3. The van der Waals surface area contributed by atoms with Gasteiger partial charge in [0.2, 0.25) is 0 Å². The van der Waals surface area contributed by atoms with Gasteiger partial charge in [-0.25, -0.2) is 4.79 Å². The molecule has 0 aliphatic heterocycles. The largest absolute Gasteiger partial charge is 0.462 e. The highest BCUT2D eigenvalue weighted by Gasteiger charge is 2.18. The van der Waals surface area contributed by atoms with E-state index in [1.165, 1.54) is 0 Å². The van der Waals surface area contributed by atoms with Gasteiger partial charge in [-0.15, -0.1) is 11.6 Å². The van der Waals surface area contributed by atoms with Crippen LogP contribution in [0.2, 0.25) is 0 Å². The topological polar surface area (TPSA) is 43.4 Å². The molecule has 0 unspecified atom stereocenters. The third-order valence-corrected chi connectivity index (χ3v) is 3.31. The molecule has 98 valence electrons. The smallest absolute Gasteiger partial charge is 0.338 e. The predicted octanol–water partition coefficient (Wildman–Crippen LogP) is 3.11. The summed E-state index contributed by atoms with van der Waals surface area (Å²) in [5, 5.41) is 0.264. The Balaban J connectivity index is 3.15. The van der Waals surface area contributed by atoms with Crippen molar-refractivity contribution >= 4 is 39.3 Å². The summed E-state index contributed by atoms with van der Waals surface area (Å²) in [4.78, 5) is 23.4. The van der Waals surface area contributed by atoms with E-state index >= 15 is 0 Å². The Labute approximate surface area is 120 Å². The van der Waals surface area contributed by atoms with Crippen molar-refractivity contribution in [3.05, 3.63) is 34.9 Å². The zero-order valence-corrected chi connectivity index (χ0v) is 12.4. The number of ketones is 1. The van der Waals surface area contributed by atoms with Gasteiger partial charge in [0, 0.05) is 12.3 Å². The van der Waals surface area contributed by atoms with Crippen LogP contribution in [0.15, 0.2) is 18.2 Å². The molecule has 0 bridgehead atoms. The molecule has 0 radical (unpaired) electrons. The number of carbonyl (C=O) groups is 2. The van der Waals surface area contributed by atoms with Crippen molar-refractivity contribution in [2.45, 2.75) is 19.2 Å². The lowest BCUT2D eigenvalue weighted by atomic mass is 9.98. The van der Waals surface area contributed by atoms with E-state index in [4.69, 9.17) is 16.3 Å². The van der Waals surface area contributed by atoms with E-state index in [0.717, 1.165) is 0 Å². The van der Waals surface area contributed by atoms with Crippen molar-refractivity contribution in [2.75, 3.05) is 11.9 Å². The lowest BCUT2D eigenvalue weighted by molar-refractivity contribution is -0.115. The van der Waals surface area contributed by atoms with Crippen LogP contribution >= 0.6 is 27.5 Å². The molecule has 0 saturated carbocycles. The fraction of sp³-hybridized carbons (Fsp3) is 0.385. The van der Waals surface area contributed by atoms with E-state index in [1.807, 2.05) is 0 Å². The summed E-state index contributed by atoms with van der Waals surface area (Å²) in [6, 6.07) is 5.31. The normalized spacial score (nSPS) is 10.2. The highest BCUT2D eigenvalue weighted by atomic mass is 79.9. The van der Waals surface area contributed by atoms with Crippen molar-refractivity contribution in [1.82, 2.24) is 0 Å². The second-order valence-electron chi connectivity index (χ2n) is 3.65. The van der Waals surface area contributed by atoms with Crippen LogP contribution in [0.5, 0.6) is 0 Å². The van der Waals surface area contributed by atoms with Crippen LogP contribution in [0.1, 0.15) is 28.4 Å². The molecule has 0 aliphatic carbocycles. The van der Waals surface area contributed by atoms with E-state index in [0.29, 0.717) is 23.3 Å². The molecule has 0 saturated heterocycles. The van der Waals surface area contributed by atoms with Crippen molar-refractivity contribution in [1.29, 1.82) is 0 Å². The van der Waals surface area contributed by atoms with Gasteiger partial charge in [0.1, 0.15) is 5.78 Å². The number of hydrogen-bond acceptors (Lipinski definition) is 3. The molecule has 0 atom stereocenters. The zero-order chi connectivity index (χ0) is 13.5. The standard InChI is InChI=1S/C13H14BrClO3/c1-2-18-13(17)12-9(6-11(16)7-14)4-3-5-10(12)8-15/h3-5H,2,6-8H2,1H3. The number of carbonyl (C=O) groups excluding carboxylic acids is 2. The molecular weight excluding hydrogens is 319 g/mol. The van der Waals surface area contributed by atoms with Gasteiger partial charge in [-0.05, 0) is 18.1 Å². The SMILES string of the molecule is CCOC(=O)c1c(CCl)cccc1CC(=O)CBr. The Morgan fingerprint density at radius 2 is 2.00 bits per heavy atom. The van der Waals surface area contributed by atoms with Gasteiger partial charge in [0.05, 0.1) is 17.5 Å². The third-order valence-electron chi connectivity index (χ3n) is 2.40. The van der Waals surface area contributed by atoms with E-state index in [2.05, 4.69) is 15.9 Å². The van der Waals surface area contributed by atoms with Gasteiger partial charge < -0.3 is 4.74 Å². The van der Waals surface area contributed by atoms with E-state index in [9.17, 15) is 9.59 Å². The van der Waals surface area contributed by atoms with Crippen LogP contribution in [-0.2, 0) is 21.8 Å². The molecule has 0 N–H and O–H groups in total. The Hall–Kier alpha value is -0.870. The number of ether oxygens (including phenoxy) is 1. The van der Waals surface area contributed by atoms with Gasteiger partial charge in [-0.1, -0.05) is 34.1 Å². The molecule has 1 rings (SSSR count). The second-order valence-corrected chi connectivity index (χ2v) is 4.48. The monoisotopic (exact) mass is 332 g/mol. The number of hydrogen-bond donors (Lipinski definition) is 0. The quantitative estimate of drug-likeness (QED) is 0.593. The van der Waals surface area contributed by atoms with Crippen LogP contribution in [-0.4, -0.2) is 23.7 Å². The highest BCUT2D eigenvalue weighted by Crippen LogP contribution is 2.19. The number of esters is 1. The minimum absolute atomic E-state index is 0.00673. The Morgan fingerprint density at radius 3 is 2.56 bits per heavy atom. The van der Waals surface area contributed by atoms with Crippen molar-refractivity contribution in [2.24, 2.45) is 0 Å². The average Bonchev–Trinajstić information content (AvgIpc) is 2.38. The first-order chi connectivity index (χ1) is 8.63. The van der Waals surface area contributed by atoms with Gasteiger partial charge in [0.15, 0.2) is 0 Å². The molecule has 5 heteroatoms.